The van der Waals surface area contributed by atoms with Crippen LogP contribution >= 0.6 is 0 Å². The van der Waals surface area contributed by atoms with Crippen molar-refractivity contribution in [2.75, 3.05) is 12.3 Å². The van der Waals surface area contributed by atoms with Gasteiger partial charge in [-0.3, -0.25) is 14.7 Å². The summed E-state index contributed by atoms with van der Waals surface area (Å²) in [6.45, 7) is 0.439. The van der Waals surface area contributed by atoms with Gasteiger partial charge in [0, 0.05) is 13.0 Å². The van der Waals surface area contributed by atoms with Crippen LogP contribution in [0.1, 0.15) is 17.0 Å². The fourth-order valence-electron chi connectivity index (χ4n) is 1.34. The lowest BCUT2D eigenvalue weighted by Crippen LogP contribution is -2.36. The molecule has 0 saturated carbocycles. The first-order valence-electron chi connectivity index (χ1n) is 4.40. The Labute approximate surface area is 84.6 Å². The summed E-state index contributed by atoms with van der Waals surface area (Å²) in [6, 6.07) is -0.198. The van der Waals surface area contributed by atoms with Crippen molar-refractivity contribution in [1.29, 1.82) is 0 Å². The second-order valence-corrected chi connectivity index (χ2v) is 3.22. The Kier molecular flexibility index (Phi) is 2.24. The topological polar surface area (TPSA) is 126 Å². The Balaban J connectivity index is 1.95. The minimum Gasteiger partial charge on any atom is -0.366 e. The van der Waals surface area contributed by atoms with E-state index in [1.807, 2.05) is 0 Å². The van der Waals surface area contributed by atoms with E-state index in [-0.39, 0.29) is 30.1 Å². The van der Waals surface area contributed by atoms with E-state index in [1.54, 1.807) is 0 Å². The molecule has 2 amide bonds. The number of nitrogens with zero attached hydrogens (tertiary/aromatic N) is 2. The second-order valence-electron chi connectivity index (χ2n) is 3.22. The number of rotatable bonds is 2. The predicted molar refractivity (Wildman–Crippen MR) is 49.7 cm³/mol. The first-order valence-corrected chi connectivity index (χ1v) is 4.40. The van der Waals surface area contributed by atoms with Crippen molar-refractivity contribution < 1.29 is 9.59 Å². The van der Waals surface area contributed by atoms with Gasteiger partial charge in [0.2, 0.25) is 17.7 Å². The molecule has 1 aliphatic rings. The van der Waals surface area contributed by atoms with Crippen LogP contribution in [0.25, 0.3) is 0 Å². The zero-order valence-corrected chi connectivity index (χ0v) is 7.78. The summed E-state index contributed by atoms with van der Waals surface area (Å²) in [6.07, 6.45) is 0.287. The molecule has 0 spiro atoms. The third-order valence-corrected chi connectivity index (χ3v) is 2.03. The highest BCUT2D eigenvalue weighted by molar-refractivity contribution is 5.91. The van der Waals surface area contributed by atoms with Crippen LogP contribution in [-0.2, 0) is 4.79 Å². The summed E-state index contributed by atoms with van der Waals surface area (Å²) in [5.41, 5.74) is 5.25. The fourth-order valence-corrected chi connectivity index (χ4v) is 1.34. The number of anilines is 1. The van der Waals surface area contributed by atoms with Crippen molar-refractivity contribution in [2.45, 2.75) is 12.5 Å². The van der Waals surface area contributed by atoms with Gasteiger partial charge in [0.05, 0.1) is 6.04 Å². The van der Waals surface area contributed by atoms with Crippen LogP contribution in [0, 0.1) is 0 Å². The SMILES string of the molecule is Nc1n[nH]c(C(=O)NC2CNC(=O)C2)n1. The summed E-state index contributed by atoms with van der Waals surface area (Å²) in [5.74, 6) is -0.425. The van der Waals surface area contributed by atoms with E-state index in [9.17, 15) is 9.59 Å². The van der Waals surface area contributed by atoms with Gasteiger partial charge in [0.1, 0.15) is 0 Å². The molecular formula is C7H10N6O2. The fraction of sp³-hybridized carbons (Fsp3) is 0.429. The number of carbonyl (C=O) groups is 2. The highest BCUT2D eigenvalue weighted by Gasteiger charge is 2.24. The maximum atomic E-state index is 11.5. The van der Waals surface area contributed by atoms with Gasteiger partial charge >= 0.3 is 0 Å². The number of nitrogens with one attached hydrogen (secondary N) is 3. The molecule has 1 unspecified atom stereocenters. The van der Waals surface area contributed by atoms with Crippen molar-refractivity contribution >= 4 is 17.8 Å². The summed E-state index contributed by atoms with van der Waals surface area (Å²) in [7, 11) is 0. The molecule has 1 aliphatic heterocycles. The van der Waals surface area contributed by atoms with Crippen molar-refractivity contribution in [3.05, 3.63) is 5.82 Å². The Hall–Kier alpha value is -2.12. The van der Waals surface area contributed by atoms with Gasteiger partial charge in [-0.1, -0.05) is 0 Å². The second kappa shape index (κ2) is 3.56. The van der Waals surface area contributed by atoms with Crippen LogP contribution in [0.4, 0.5) is 5.95 Å². The molecule has 1 saturated heterocycles. The number of H-pyrrole nitrogens is 1. The number of hydrogen-bond donors (Lipinski definition) is 4. The smallest absolute Gasteiger partial charge is 0.288 e. The molecule has 1 atom stereocenters. The van der Waals surface area contributed by atoms with Crippen molar-refractivity contribution in [1.82, 2.24) is 25.8 Å². The highest BCUT2D eigenvalue weighted by atomic mass is 16.2. The van der Waals surface area contributed by atoms with Gasteiger partial charge in [-0.15, -0.1) is 5.10 Å². The normalized spacial score (nSPS) is 20.0. The van der Waals surface area contributed by atoms with Gasteiger partial charge < -0.3 is 16.4 Å². The number of aromatic amines is 1. The summed E-state index contributed by atoms with van der Waals surface area (Å²) in [5, 5.41) is 11.1. The van der Waals surface area contributed by atoms with Crippen LogP contribution in [0.2, 0.25) is 0 Å². The van der Waals surface area contributed by atoms with E-state index < -0.39 is 5.91 Å². The molecule has 5 N–H and O–H groups in total. The van der Waals surface area contributed by atoms with Crippen LogP contribution in [-0.4, -0.2) is 39.6 Å². The zero-order valence-electron chi connectivity index (χ0n) is 7.78. The lowest BCUT2D eigenvalue weighted by atomic mass is 10.2. The average Bonchev–Trinajstić information content (AvgIpc) is 2.75. The van der Waals surface area contributed by atoms with E-state index >= 15 is 0 Å². The number of aromatic nitrogens is 3. The summed E-state index contributed by atoms with van der Waals surface area (Å²) in [4.78, 5) is 26.0. The standard InChI is InChI=1S/C7H10N6O2/c8-7-11-5(12-13-7)6(15)10-3-1-4(14)9-2-3/h3H,1-2H2,(H,9,14)(H,10,15)(H3,8,11,12,13). The molecule has 0 bridgehead atoms. The molecule has 2 rings (SSSR count). The predicted octanol–water partition coefficient (Wildman–Crippen LogP) is -1.99. The molecule has 80 valence electrons. The van der Waals surface area contributed by atoms with E-state index in [4.69, 9.17) is 5.73 Å². The van der Waals surface area contributed by atoms with Crippen LogP contribution in [0.3, 0.4) is 0 Å². The van der Waals surface area contributed by atoms with E-state index in [1.165, 1.54) is 0 Å². The monoisotopic (exact) mass is 210 g/mol. The van der Waals surface area contributed by atoms with Gasteiger partial charge in [0.15, 0.2) is 0 Å². The zero-order chi connectivity index (χ0) is 10.8. The number of hydrogen-bond acceptors (Lipinski definition) is 5. The Bertz CT molecular complexity index is 400. The van der Waals surface area contributed by atoms with E-state index in [0.717, 1.165) is 0 Å². The minimum absolute atomic E-state index is 0.0146. The molecule has 8 heteroatoms. The van der Waals surface area contributed by atoms with E-state index in [2.05, 4.69) is 25.8 Å². The first kappa shape index (κ1) is 9.44. The third-order valence-electron chi connectivity index (χ3n) is 2.03. The molecule has 2 heterocycles. The lowest BCUT2D eigenvalue weighted by molar-refractivity contribution is -0.119. The van der Waals surface area contributed by atoms with Crippen LogP contribution in [0.15, 0.2) is 0 Å². The van der Waals surface area contributed by atoms with Crippen molar-refractivity contribution in [2.24, 2.45) is 0 Å². The molecule has 0 aromatic carbocycles. The first-order chi connectivity index (χ1) is 7.15. The molecule has 0 radical (unpaired) electrons. The maximum absolute atomic E-state index is 11.5. The Morgan fingerprint density at radius 2 is 2.40 bits per heavy atom. The summed E-state index contributed by atoms with van der Waals surface area (Å²) < 4.78 is 0. The number of nitrogen functional groups attached to an aromatic ring is 1. The van der Waals surface area contributed by atoms with E-state index in [0.29, 0.717) is 6.54 Å². The van der Waals surface area contributed by atoms with Gasteiger partial charge in [-0.25, -0.2) is 0 Å². The maximum Gasteiger partial charge on any atom is 0.288 e. The van der Waals surface area contributed by atoms with Crippen LogP contribution < -0.4 is 16.4 Å². The lowest BCUT2D eigenvalue weighted by Gasteiger charge is -2.07. The summed E-state index contributed by atoms with van der Waals surface area (Å²) >= 11 is 0. The third kappa shape index (κ3) is 2.03. The number of nitrogens with two attached hydrogens (primary N) is 1. The van der Waals surface area contributed by atoms with Crippen molar-refractivity contribution in [3.8, 4) is 0 Å². The molecular weight excluding hydrogens is 200 g/mol. The van der Waals surface area contributed by atoms with Gasteiger partial charge in [0.25, 0.3) is 5.91 Å². The Morgan fingerprint density at radius 1 is 1.60 bits per heavy atom. The quantitative estimate of drug-likeness (QED) is 0.449. The Morgan fingerprint density at radius 3 is 2.93 bits per heavy atom. The molecule has 1 fully saturated rings. The average molecular weight is 210 g/mol. The molecule has 0 aliphatic carbocycles. The largest absolute Gasteiger partial charge is 0.366 e. The minimum atomic E-state index is -0.416. The highest BCUT2D eigenvalue weighted by Crippen LogP contribution is 2.01. The molecule has 1 aromatic rings. The van der Waals surface area contributed by atoms with Gasteiger partial charge in [-0.2, -0.15) is 4.98 Å². The number of carbonyl (C=O) groups excluding carboxylic acids is 2. The van der Waals surface area contributed by atoms with Gasteiger partial charge in [-0.05, 0) is 0 Å². The van der Waals surface area contributed by atoms with Crippen LogP contribution in [0.5, 0.6) is 0 Å². The van der Waals surface area contributed by atoms with Crippen molar-refractivity contribution in [3.63, 3.8) is 0 Å². The number of amides is 2. The molecule has 15 heavy (non-hydrogen) atoms. The molecule has 8 nitrogen and oxygen atoms in total. The molecule has 1 aromatic heterocycles.